The zero-order valence-electron chi connectivity index (χ0n) is 12.0. The Kier molecular flexibility index (Phi) is 6.81. The summed E-state index contributed by atoms with van der Waals surface area (Å²) in [5, 5.41) is 21.7. The molecular formula is C16H23NO3. The third kappa shape index (κ3) is 5.45. The maximum Gasteiger partial charge on any atom is 0.244 e. The van der Waals surface area contributed by atoms with Gasteiger partial charge in [-0.2, -0.15) is 0 Å². The number of phenolic OH excluding ortho intramolecular Hbond substituents is 1. The van der Waals surface area contributed by atoms with Crippen molar-refractivity contribution in [2.45, 2.75) is 32.8 Å². The third-order valence-corrected chi connectivity index (χ3v) is 3.40. The number of carbonyl (C=O) groups excluding carboxylic acids is 1. The minimum atomic E-state index is -0.504. The lowest BCUT2D eigenvalue weighted by Crippen LogP contribution is -2.35. The van der Waals surface area contributed by atoms with Crippen molar-refractivity contribution < 1.29 is 15.0 Å². The van der Waals surface area contributed by atoms with E-state index in [1.54, 1.807) is 30.3 Å². The van der Waals surface area contributed by atoms with Gasteiger partial charge in [0.1, 0.15) is 5.75 Å². The van der Waals surface area contributed by atoms with Crippen LogP contribution in [0.3, 0.4) is 0 Å². The van der Waals surface area contributed by atoms with Crippen LogP contribution in [0, 0.1) is 5.92 Å². The number of aliphatic hydroxyl groups excluding tert-OH is 1. The SMILES string of the molecule is CCC(CC)C(O)CNC(=O)/C=C/c1ccc(O)cc1. The molecule has 1 aromatic rings. The van der Waals surface area contributed by atoms with Crippen LogP contribution >= 0.6 is 0 Å². The standard InChI is InChI=1S/C16H23NO3/c1-3-13(4-2)15(19)11-17-16(20)10-7-12-5-8-14(18)9-6-12/h5-10,13,15,18-19H,3-4,11H2,1-2H3,(H,17,20)/b10-7+. The Morgan fingerprint density at radius 1 is 1.25 bits per heavy atom. The fourth-order valence-electron chi connectivity index (χ4n) is 2.02. The van der Waals surface area contributed by atoms with Gasteiger partial charge in [-0.15, -0.1) is 0 Å². The topological polar surface area (TPSA) is 69.6 Å². The molecule has 1 unspecified atom stereocenters. The van der Waals surface area contributed by atoms with Gasteiger partial charge in [0.25, 0.3) is 0 Å². The molecular weight excluding hydrogens is 254 g/mol. The van der Waals surface area contributed by atoms with Gasteiger partial charge in [-0.1, -0.05) is 38.8 Å². The fraction of sp³-hybridized carbons (Fsp3) is 0.438. The smallest absolute Gasteiger partial charge is 0.244 e. The molecule has 1 amide bonds. The van der Waals surface area contributed by atoms with Gasteiger partial charge in [-0.05, 0) is 29.7 Å². The van der Waals surface area contributed by atoms with E-state index in [9.17, 15) is 9.90 Å². The molecule has 1 rings (SSSR count). The quantitative estimate of drug-likeness (QED) is 0.670. The average molecular weight is 277 g/mol. The second-order valence-electron chi connectivity index (χ2n) is 4.81. The molecule has 0 saturated carbocycles. The minimum Gasteiger partial charge on any atom is -0.508 e. The van der Waals surface area contributed by atoms with Gasteiger partial charge in [-0.3, -0.25) is 4.79 Å². The summed E-state index contributed by atoms with van der Waals surface area (Å²) >= 11 is 0. The van der Waals surface area contributed by atoms with Crippen molar-refractivity contribution in [1.29, 1.82) is 0 Å². The van der Waals surface area contributed by atoms with Crippen molar-refractivity contribution in [3.05, 3.63) is 35.9 Å². The van der Waals surface area contributed by atoms with Gasteiger partial charge in [0, 0.05) is 12.6 Å². The van der Waals surface area contributed by atoms with E-state index in [4.69, 9.17) is 5.11 Å². The van der Waals surface area contributed by atoms with E-state index in [1.807, 2.05) is 13.8 Å². The summed E-state index contributed by atoms with van der Waals surface area (Å²) in [6.45, 7) is 4.33. The Morgan fingerprint density at radius 3 is 2.40 bits per heavy atom. The molecule has 1 aromatic carbocycles. The van der Waals surface area contributed by atoms with Crippen LogP contribution in [0.1, 0.15) is 32.3 Å². The molecule has 110 valence electrons. The number of nitrogens with one attached hydrogen (secondary N) is 1. The molecule has 20 heavy (non-hydrogen) atoms. The van der Waals surface area contributed by atoms with E-state index in [2.05, 4.69) is 5.32 Å². The molecule has 3 N–H and O–H groups in total. The summed E-state index contributed by atoms with van der Waals surface area (Å²) in [4.78, 5) is 11.6. The second-order valence-corrected chi connectivity index (χ2v) is 4.81. The van der Waals surface area contributed by atoms with Gasteiger partial charge in [0.15, 0.2) is 0 Å². The summed E-state index contributed by atoms with van der Waals surface area (Å²) in [7, 11) is 0. The molecule has 0 saturated heterocycles. The first kappa shape index (κ1) is 16.2. The predicted molar refractivity (Wildman–Crippen MR) is 80.2 cm³/mol. The largest absolute Gasteiger partial charge is 0.508 e. The van der Waals surface area contributed by atoms with Crippen LogP contribution in [-0.4, -0.2) is 28.8 Å². The Morgan fingerprint density at radius 2 is 1.85 bits per heavy atom. The molecule has 0 aliphatic rings. The molecule has 0 aliphatic carbocycles. The maximum atomic E-state index is 11.6. The number of amides is 1. The van der Waals surface area contributed by atoms with Gasteiger partial charge in [0.2, 0.25) is 5.91 Å². The minimum absolute atomic E-state index is 0.194. The Bertz CT molecular complexity index is 436. The third-order valence-electron chi connectivity index (χ3n) is 3.40. The number of aliphatic hydroxyl groups is 1. The molecule has 4 nitrogen and oxygen atoms in total. The van der Waals surface area contributed by atoms with Crippen molar-refractivity contribution in [3.8, 4) is 5.75 Å². The molecule has 0 heterocycles. The van der Waals surface area contributed by atoms with E-state index < -0.39 is 6.10 Å². The van der Waals surface area contributed by atoms with Crippen LogP contribution < -0.4 is 5.32 Å². The molecule has 4 heteroatoms. The molecule has 0 bridgehead atoms. The predicted octanol–water partition coefficient (Wildman–Crippen LogP) is 2.32. The summed E-state index contributed by atoms with van der Waals surface area (Å²) < 4.78 is 0. The molecule has 0 fully saturated rings. The van der Waals surface area contributed by atoms with E-state index >= 15 is 0 Å². The number of phenols is 1. The highest BCUT2D eigenvalue weighted by molar-refractivity contribution is 5.91. The molecule has 0 spiro atoms. The zero-order valence-corrected chi connectivity index (χ0v) is 12.0. The number of rotatable bonds is 7. The Balaban J connectivity index is 2.42. The van der Waals surface area contributed by atoms with E-state index in [0.29, 0.717) is 0 Å². The van der Waals surface area contributed by atoms with Crippen molar-refractivity contribution >= 4 is 12.0 Å². The monoisotopic (exact) mass is 277 g/mol. The van der Waals surface area contributed by atoms with Crippen LogP contribution in [0.2, 0.25) is 0 Å². The zero-order chi connectivity index (χ0) is 15.0. The second kappa shape index (κ2) is 8.38. The number of carbonyl (C=O) groups is 1. The number of hydrogen-bond acceptors (Lipinski definition) is 3. The van der Waals surface area contributed by atoms with Gasteiger partial charge in [-0.25, -0.2) is 0 Å². The number of hydrogen-bond donors (Lipinski definition) is 3. The first-order chi connectivity index (χ1) is 9.56. The van der Waals surface area contributed by atoms with Crippen molar-refractivity contribution in [3.63, 3.8) is 0 Å². The highest BCUT2D eigenvalue weighted by atomic mass is 16.3. The van der Waals surface area contributed by atoms with E-state index in [1.165, 1.54) is 6.08 Å². The highest BCUT2D eigenvalue weighted by Crippen LogP contribution is 2.12. The molecule has 1 atom stereocenters. The lowest BCUT2D eigenvalue weighted by Gasteiger charge is -2.19. The van der Waals surface area contributed by atoms with Crippen LogP contribution in [0.5, 0.6) is 5.75 Å². The van der Waals surface area contributed by atoms with Crippen LogP contribution in [-0.2, 0) is 4.79 Å². The first-order valence-corrected chi connectivity index (χ1v) is 6.99. The van der Waals surface area contributed by atoms with Crippen LogP contribution in [0.15, 0.2) is 30.3 Å². The molecule has 0 aliphatic heterocycles. The fourth-order valence-corrected chi connectivity index (χ4v) is 2.02. The Labute approximate surface area is 120 Å². The van der Waals surface area contributed by atoms with Crippen molar-refractivity contribution in [1.82, 2.24) is 5.32 Å². The number of aromatic hydroxyl groups is 1. The van der Waals surface area contributed by atoms with Gasteiger partial charge >= 0.3 is 0 Å². The highest BCUT2D eigenvalue weighted by Gasteiger charge is 2.15. The summed E-state index contributed by atoms with van der Waals surface area (Å²) in [6.07, 6.45) is 4.38. The maximum absolute atomic E-state index is 11.6. The van der Waals surface area contributed by atoms with Gasteiger partial charge < -0.3 is 15.5 Å². The lowest BCUT2D eigenvalue weighted by atomic mass is 9.96. The summed E-state index contributed by atoms with van der Waals surface area (Å²) in [5.74, 6) is 0.180. The first-order valence-electron chi connectivity index (χ1n) is 6.99. The molecule has 0 aromatic heterocycles. The van der Waals surface area contributed by atoms with Crippen molar-refractivity contribution in [2.24, 2.45) is 5.92 Å². The van der Waals surface area contributed by atoms with Crippen LogP contribution in [0.25, 0.3) is 6.08 Å². The van der Waals surface area contributed by atoms with Crippen LogP contribution in [0.4, 0.5) is 0 Å². The average Bonchev–Trinajstić information content (AvgIpc) is 2.45. The lowest BCUT2D eigenvalue weighted by molar-refractivity contribution is -0.117. The van der Waals surface area contributed by atoms with Crippen molar-refractivity contribution in [2.75, 3.05) is 6.54 Å². The van der Waals surface area contributed by atoms with E-state index in [0.717, 1.165) is 18.4 Å². The Hall–Kier alpha value is -1.81. The molecule has 0 radical (unpaired) electrons. The van der Waals surface area contributed by atoms with Gasteiger partial charge in [0.05, 0.1) is 6.10 Å². The number of benzene rings is 1. The summed E-state index contributed by atoms with van der Waals surface area (Å²) in [5.41, 5.74) is 0.832. The normalized spacial score (nSPS) is 12.8. The summed E-state index contributed by atoms with van der Waals surface area (Å²) in [6, 6.07) is 6.57. The van der Waals surface area contributed by atoms with E-state index in [-0.39, 0.29) is 24.1 Å².